The number of aryl methyl sites for hydroxylation is 2. The van der Waals surface area contributed by atoms with E-state index >= 15 is 0 Å². The Morgan fingerprint density at radius 3 is 2.61 bits per heavy atom. The van der Waals surface area contributed by atoms with Crippen molar-refractivity contribution in [2.75, 3.05) is 0 Å². The maximum absolute atomic E-state index is 13.3. The standard InChI is InChI=1S/C13H13FN2O2/c1-8-13(9(2)16(3)15-8)18-12-5-10(7-17)4-11(14)6-12/h4-7H,1-3H3. The molecule has 94 valence electrons. The van der Waals surface area contributed by atoms with Crippen LogP contribution in [0.3, 0.4) is 0 Å². The Morgan fingerprint density at radius 1 is 1.33 bits per heavy atom. The van der Waals surface area contributed by atoms with Gasteiger partial charge in [0, 0.05) is 18.7 Å². The van der Waals surface area contributed by atoms with E-state index in [1.807, 2.05) is 13.8 Å². The number of rotatable bonds is 3. The zero-order chi connectivity index (χ0) is 13.3. The first-order chi connectivity index (χ1) is 8.51. The lowest BCUT2D eigenvalue weighted by Crippen LogP contribution is -1.93. The number of carbonyl (C=O) groups is 1. The molecular weight excluding hydrogens is 235 g/mol. The molecule has 1 heterocycles. The smallest absolute Gasteiger partial charge is 0.171 e. The summed E-state index contributed by atoms with van der Waals surface area (Å²) in [6, 6.07) is 3.88. The SMILES string of the molecule is Cc1nn(C)c(C)c1Oc1cc(F)cc(C=O)c1. The summed E-state index contributed by atoms with van der Waals surface area (Å²) in [7, 11) is 1.80. The lowest BCUT2D eigenvalue weighted by atomic mass is 10.2. The summed E-state index contributed by atoms with van der Waals surface area (Å²) in [5, 5.41) is 4.20. The monoisotopic (exact) mass is 248 g/mol. The van der Waals surface area contributed by atoms with Crippen molar-refractivity contribution in [3.63, 3.8) is 0 Å². The van der Waals surface area contributed by atoms with Gasteiger partial charge in [0.2, 0.25) is 0 Å². The number of ether oxygens (including phenoxy) is 1. The van der Waals surface area contributed by atoms with Crippen molar-refractivity contribution in [2.45, 2.75) is 13.8 Å². The van der Waals surface area contributed by atoms with Crippen LogP contribution in [0.5, 0.6) is 11.5 Å². The first-order valence-corrected chi connectivity index (χ1v) is 5.45. The molecule has 0 saturated heterocycles. The van der Waals surface area contributed by atoms with E-state index in [0.717, 1.165) is 11.8 Å². The minimum Gasteiger partial charge on any atom is -0.453 e. The molecule has 0 saturated carbocycles. The van der Waals surface area contributed by atoms with Crippen LogP contribution in [-0.4, -0.2) is 16.1 Å². The van der Waals surface area contributed by atoms with Gasteiger partial charge in [0.25, 0.3) is 0 Å². The lowest BCUT2D eigenvalue weighted by molar-refractivity contribution is 0.112. The van der Waals surface area contributed by atoms with Crippen LogP contribution in [0.25, 0.3) is 0 Å². The molecule has 18 heavy (non-hydrogen) atoms. The summed E-state index contributed by atoms with van der Waals surface area (Å²) < 4.78 is 20.6. The number of nitrogens with zero attached hydrogens (tertiary/aromatic N) is 2. The van der Waals surface area contributed by atoms with Crippen LogP contribution in [0.1, 0.15) is 21.7 Å². The molecule has 2 rings (SSSR count). The number of hydrogen-bond donors (Lipinski definition) is 0. The maximum Gasteiger partial charge on any atom is 0.171 e. The minimum absolute atomic E-state index is 0.240. The van der Waals surface area contributed by atoms with Gasteiger partial charge < -0.3 is 4.74 Å². The van der Waals surface area contributed by atoms with Crippen molar-refractivity contribution >= 4 is 6.29 Å². The molecule has 0 spiro atoms. The van der Waals surface area contributed by atoms with Gasteiger partial charge in [-0.2, -0.15) is 5.10 Å². The van der Waals surface area contributed by atoms with Crippen molar-refractivity contribution < 1.29 is 13.9 Å². The zero-order valence-electron chi connectivity index (χ0n) is 10.4. The second-order valence-electron chi connectivity index (χ2n) is 4.06. The normalized spacial score (nSPS) is 10.4. The fraction of sp³-hybridized carbons (Fsp3) is 0.231. The van der Waals surface area contributed by atoms with Crippen LogP contribution < -0.4 is 4.74 Å². The Morgan fingerprint density at radius 2 is 2.06 bits per heavy atom. The van der Waals surface area contributed by atoms with Crippen molar-refractivity contribution in [1.29, 1.82) is 0 Å². The summed E-state index contributed by atoms with van der Waals surface area (Å²) in [4.78, 5) is 10.7. The third kappa shape index (κ3) is 2.25. The highest BCUT2D eigenvalue weighted by atomic mass is 19.1. The molecule has 1 aromatic carbocycles. The van der Waals surface area contributed by atoms with Crippen LogP contribution in [-0.2, 0) is 7.05 Å². The zero-order valence-corrected chi connectivity index (χ0v) is 10.4. The molecule has 4 nitrogen and oxygen atoms in total. The second kappa shape index (κ2) is 4.60. The fourth-order valence-electron chi connectivity index (χ4n) is 1.73. The molecule has 0 atom stereocenters. The average molecular weight is 248 g/mol. The molecule has 0 N–H and O–H groups in total. The highest BCUT2D eigenvalue weighted by Crippen LogP contribution is 2.28. The maximum atomic E-state index is 13.3. The third-order valence-electron chi connectivity index (χ3n) is 2.69. The Balaban J connectivity index is 2.39. The summed E-state index contributed by atoms with van der Waals surface area (Å²) in [6.07, 6.45) is 0.582. The molecule has 0 bridgehead atoms. The van der Waals surface area contributed by atoms with Gasteiger partial charge in [0.15, 0.2) is 5.75 Å². The van der Waals surface area contributed by atoms with Gasteiger partial charge in [-0.25, -0.2) is 4.39 Å². The minimum atomic E-state index is -0.506. The summed E-state index contributed by atoms with van der Waals surface area (Å²) >= 11 is 0. The van der Waals surface area contributed by atoms with Gasteiger partial charge in [0.05, 0.1) is 5.69 Å². The topological polar surface area (TPSA) is 44.1 Å². The Kier molecular flexibility index (Phi) is 3.14. The predicted octanol–water partition coefficient (Wildman–Crippen LogP) is 2.78. The van der Waals surface area contributed by atoms with E-state index in [2.05, 4.69) is 5.10 Å². The molecule has 0 radical (unpaired) electrons. The number of aldehydes is 1. The van der Waals surface area contributed by atoms with Crippen LogP contribution in [0, 0.1) is 19.7 Å². The van der Waals surface area contributed by atoms with E-state index in [-0.39, 0.29) is 11.3 Å². The summed E-state index contributed by atoms with van der Waals surface area (Å²) in [5.41, 5.74) is 1.79. The van der Waals surface area contributed by atoms with Crippen LogP contribution in [0.2, 0.25) is 0 Å². The predicted molar refractivity (Wildman–Crippen MR) is 64.5 cm³/mol. The Labute approximate surface area is 104 Å². The van der Waals surface area contributed by atoms with Crippen LogP contribution in [0.4, 0.5) is 4.39 Å². The molecule has 0 aliphatic heterocycles. The Hall–Kier alpha value is -2.17. The van der Waals surface area contributed by atoms with Gasteiger partial charge in [-0.3, -0.25) is 9.48 Å². The lowest BCUT2D eigenvalue weighted by Gasteiger charge is -2.06. The van der Waals surface area contributed by atoms with E-state index in [0.29, 0.717) is 17.7 Å². The van der Waals surface area contributed by atoms with Gasteiger partial charge in [0.1, 0.15) is 23.5 Å². The first kappa shape index (κ1) is 12.3. The molecule has 0 aliphatic rings. The van der Waals surface area contributed by atoms with Crippen molar-refractivity contribution in [2.24, 2.45) is 7.05 Å². The second-order valence-corrected chi connectivity index (χ2v) is 4.06. The van der Waals surface area contributed by atoms with Crippen molar-refractivity contribution in [1.82, 2.24) is 9.78 Å². The average Bonchev–Trinajstić information content (AvgIpc) is 2.55. The molecule has 0 unspecified atom stereocenters. The van der Waals surface area contributed by atoms with Gasteiger partial charge in [-0.05, 0) is 26.0 Å². The summed E-state index contributed by atoms with van der Waals surface area (Å²) in [5.74, 6) is 0.366. The van der Waals surface area contributed by atoms with Crippen LogP contribution in [0.15, 0.2) is 18.2 Å². The van der Waals surface area contributed by atoms with Gasteiger partial charge in [-0.1, -0.05) is 0 Å². The van der Waals surface area contributed by atoms with E-state index in [4.69, 9.17) is 4.74 Å². The molecule has 5 heteroatoms. The molecule has 0 aliphatic carbocycles. The van der Waals surface area contributed by atoms with E-state index in [9.17, 15) is 9.18 Å². The number of benzene rings is 1. The molecule has 0 fully saturated rings. The van der Waals surface area contributed by atoms with Crippen LogP contribution >= 0.6 is 0 Å². The van der Waals surface area contributed by atoms with Gasteiger partial charge >= 0.3 is 0 Å². The number of hydrogen-bond acceptors (Lipinski definition) is 3. The fourth-order valence-corrected chi connectivity index (χ4v) is 1.73. The largest absolute Gasteiger partial charge is 0.453 e. The van der Waals surface area contributed by atoms with Gasteiger partial charge in [-0.15, -0.1) is 0 Å². The number of aromatic nitrogens is 2. The first-order valence-electron chi connectivity index (χ1n) is 5.45. The third-order valence-corrected chi connectivity index (χ3v) is 2.69. The highest BCUT2D eigenvalue weighted by molar-refractivity contribution is 5.75. The highest BCUT2D eigenvalue weighted by Gasteiger charge is 2.12. The molecular formula is C13H13FN2O2. The van der Waals surface area contributed by atoms with Crippen molar-refractivity contribution in [3.8, 4) is 11.5 Å². The van der Waals surface area contributed by atoms with E-state index in [1.54, 1.807) is 11.7 Å². The summed E-state index contributed by atoms with van der Waals surface area (Å²) in [6.45, 7) is 3.66. The van der Waals surface area contributed by atoms with E-state index in [1.165, 1.54) is 12.1 Å². The van der Waals surface area contributed by atoms with Crippen molar-refractivity contribution in [3.05, 3.63) is 41.0 Å². The quantitative estimate of drug-likeness (QED) is 0.784. The molecule has 2 aromatic rings. The van der Waals surface area contributed by atoms with E-state index < -0.39 is 5.82 Å². The Bertz CT molecular complexity index is 605. The number of carbonyl (C=O) groups excluding carboxylic acids is 1. The molecule has 1 aromatic heterocycles. The molecule has 0 amide bonds. The number of halogens is 1.